The summed E-state index contributed by atoms with van der Waals surface area (Å²) in [5.41, 5.74) is 1.97. The van der Waals surface area contributed by atoms with Gasteiger partial charge in [0.15, 0.2) is 5.58 Å². The molecule has 0 aromatic carbocycles. The molecule has 1 saturated heterocycles. The number of hydrogen-bond acceptors (Lipinski definition) is 4. The molecule has 2 aromatic heterocycles. The van der Waals surface area contributed by atoms with Gasteiger partial charge in [-0.05, 0) is 6.42 Å². The van der Waals surface area contributed by atoms with Crippen molar-refractivity contribution in [3.8, 4) is 0 Å². The second kappa shape index (κ2) is 5.07. The molecule has 19 heavy (non-hydrogen) atoms. The molecule has 1 amide bonds. The van der Waals surface area contributed by atoms with Gasteiger partial charge in [-0.3, -0.25) is 4.79 Å². The van der Waals surface area contributed by atoms with Crippen LogP contribution in [0.4, 0.5) is 0 Å². The third-order valence-electron chi connectivity index (χ3n) is 3.40. The standard InChI is InChI=1S/C13H16N2O4/c1-17-11-3-4-18-7-10(11)15-13(16)9-6-12-8(14-9)2-5-19-12/h2,5-6,10-11,14H,3-4,7H2,1H3,(H,15,16)/t10-,11-/m1/s1. The largest absolute Gasteiger partial charge is 0.463 e. The predicted octanol–water partition coefficient (Wildman–Crippen LogP) is 1.29. The maximum absolute atomic E-state index is 12.1. The molecule has 1 aliphatic rings. The second-order valence-corrected chi connectivity index (χ2v) is 4.60. The van der Waals surface area contributed by atoms with Crippen LogP contribution in [0.1, 0.15) is 16.9 Å². The molecule has 1 fully saturated rings. The van der Waals surface area contributed by atoms with Gasteiger partial charge in [-0.25, -0.2) is 0 Å². The molecule has 0 aliphatic carbocycles. The van der Waals surface area contributed by atoms with Crippen molar-refractivity contribution in [1.29, 1.82) is 0 Å². The Hall–Kier alpha value is -1.79. The summed E-state index contributed by atoms with van der Waals surface area (Å²) in [6.45, 7) is 1.14. The summed E-state index contributed by atoms with van der Waals surface area (Å²) in [4.78, 5) is 15.2. The van der Waals surface area contributed by atoms with Crippen molar-refractivity contribution in [2.45, 2.75) is 18.6 Å². The van der Waals surface area contributed by atoms with Crippen LogP contribution >= 0.6 is 0 Å². The zero-order valence-corrected chi connectivity index (χ0v) is 10.6. The number of fused-ring (bicyclic) bond motifs is 1. The average molecular weight is 264 g/mol. The molecular weight excluding hydrogens is 248 g/mol. The summed E-state index contributed by atoms with van der Waals surface area (Å²) < 4.78 is 16.0. The molecule has 102 valence electrons. The van der Waals surface area contributed by atoms with Gasteiger partial charge < -0.3 is 24.2 Å². The first-order valence-corrected chi connectivity index (χ1v) is 6.25. The number of aromatic amines is 1. The lowest BCUT2D eigenvalue weighted by Gasteiger charge is -2.30. The number of carbonyl (C=O) groups excluding carboxylic acids is 1. The van der Waals surface area contributed by atoms with E-state index in [1.54, 1.807) is 25.5 Å². The molecule has 6 heteroatoms. The number of aromatic nitrogens is 1. The Balaban J connectivity index is 1.71. The van der Waals surface area contributed by atoms with E-state index >= 15 is 0 Å². The van der Waals surface area contributed by atoms with Crippen LogP contribution < -0.4 is 5.32 Å². The number of nitrogens with one attached hydrogen (secondary N) is 2. The number of hydrogen-bond donors (Lipinski definition) is 2. The van der Waals surface area contributed by atoms with Gasteiger partial charge in [0.1, 0.15) is 5.69 Å². The van der Waals surface area contributed by atoms with E-state index in [2.05, 4.69) is 10.3 Å². The molecule has 0 saturated carbocycles. The molecular formula is C13H16N2O4. The highest BCUT2D eigenvalue weighted by atomic mass is 16.5. The number of carbonyl (C=O) groups is 1. The second-order valence-electron chi connectivity index (χ2n) is 4.60. The summed E-state index contributed by atoms with van der Waals surface area (Å²) >= 11 is 0. The molecule has 3 heterocycles. The fraction of sp³-hybridized carbons (Fsp3) is 0.462. The molecule has 2 N–H and O–H groups in total. The Morgan fingerprint density at radius 3 is 3.26 bits per heavy atom. The van der Waals surface area contributed by atoms with Crippen molar-refractivity contribution in [1.82, 2.24) is 10.3 Å². The van der Waals surface area contributed by atoms with Crippen LogP contribution in [-0.4, -0.2) is 43.4 Å². The first-order valence-electron chi connectivity index (χ1n) is 6.25. The molecule has 0 unspecified atom stereocenters. The first-order chi connectivity index (χ1) is 9.28. The van der Waals surface area contributed by atoms with Crippen LogP contribution in [0.5, 0.6) is 0 Å². The Bertz CT molecular complexity index is 545. The van der Waals surface area contributed by atoms with Crippen LogP contribution in [0.25, 0.3) is 11.1 Å². The lowest BCUT2D eigenvalue weighted by molar-refractivity contribution is -0.0349. The zero-order chi connectivity index (χ0) is 13.2. The highest BCUT2D eigenvalue weighted by molar-refractivity contribution is 5.96. The normalized spacial score (nSPS) is 23.6. The topological polar surface area (TPSA) is 76.5 Å². The van der Waals surface area contributed by atoms with E-state index in [0.717, 1.165) is 11.9 Å². The molecule has 2 atom stereocenters. The SMILES string of the molecule is CO[C@@H]1CCOC[C@H]1NC(=O)c1cc2occc2[nH]1. The smallest absolute Gasteiger partial charge is 0.268 e. The van der Waals surface area contributed by atoms with E-state index < -0.39 is 0 Å². The van der Waals surface area contributed by atoms with E-state index in [0.29, 0.717) is 24.5 Å². The zero-order valence-electron chi connectivity index (χ0n) is 10.6. The minimum atomic E-state index is -0.177. The summed E-state index contributed by atoms with van der Waals surface area (Å²) in [5.74, 6) is -0.177. The van der Waals surface area contributed by atoms with Gasteiger partial charge in [-0.2, -0.15) is 0 Å². The van der Waals surface area contributed by atoms with Crippen molar-refractivity contribution in [3.63, 3.8) is 0 Å². The van der Waals surface area contributed by atoms with Gasteiger partial charge in [0.2, 0.25) is 0 Å². The third kappa shape index (κ3) is 2.36. The molecule has 0 bridgehead atoms. The van der Waals surface area contributed by atoms with Crippen LogP contribution in [0.3, 0.4) is 0 Å². The van der Waals surface area contributed by atoms with Gasteiger partial charge in [0, 0.05) is 25.8 Å². The minimum Gasteiger partial charge on any atom is -0.463 e. The predicted molar refractivity (Wildman–Crippen MR) is 68.1 cm³/mol. The first kappa shape index (κ1) is 12.3. The highest BCUT2D eigenvalue weighted by Gasteiger charge is 2.27. The van der Waals surface area contributed by atoms with E-state index in [9.17, 15) is 4.79 Å². The van der Waals surface area contributed by atoms with Crippen molar-refractivity contribution in [2.75, 3.05) is 20.3 Å². The lowest BCUT2D eigenvalue weighted by Crippen LogP contribution is -2.50. The van der Waals surface area contributed by atoms with Crippen molar-refractivity contribution < 1.29 is 18.7 Å². The summed E-state index contributed by atoms with van der Waals surface area (Å²) in [6, 6.07) is 3.35. The molecule has 3 rings (SSSR count). The Kier molecular flexibility index (Phi) is 3.27. The molecule has 0 spiro atoms. The van der Waals surface area contributed by atoms with Crippen LogP contribution in [0.2, 0.25) is 0 Å². The minimum absolute atomic E-state index is 0.00402. The Labute approximate surface area is 110 Å². The van der Waals surface area contributed by atoms with Crippen molar-refractivity contribution in [2.24, 2.45) is 0 Å². The number of furan rings is 1. The van der Waals surface area contributed by atoms with Crippen molar-refractivity contribution >= 4 is 17.0 Å². The fourth-order valence-electron chi connectivity index (χ4n) is 2.35. The number of ether oxygens (including phenoxy) is 2. The van der Waals surface area contributed by atoms with E-state index in [-0.39, 0.29) is 18.1 Å². The maximum atomic E-state index is 12.1. The van der Waals surface area contributed by atoms with E-state index in [1.807, 2.05) is 0 Å². The van der Waals surface area contributed by atoms with Gasteiger partial charge in [-0.1, -0.05) is 0 Å². The molecule has 2 aromatic rings. The van der Waals surface area contributed by atoms with Crippen LogP contribution in [-0.2, 0) is 9.47 Å². The number of methoxy groups -OCH3 is 1. The Morgan fingerprint density at radius 2 is 2.47 bits per heavy atom. The van der Waals surface area contributed by atoms with Gasteiger partial charge in [-0.15, -0.1) is 0 Å². The molecule has 6 nitrogen and oxygen atoms in total. The van der Waals surface area contributed by atoms with Gasteiger partial charge in [0.05, 0.1) is 30.5 Å². The molecule has 1 aliphatic heterocycles. The quantitative estimate of drug-likeness (QED) is 0.876. The summed E-state index contributed by atoms with van der Waals surface area (Å²) in [5, 5.41) is 2.93. The summed E-state index contributed by atoms with van der Waals surface area (Å²) in [7, 11) is 1.65. The molecule has 0 radical (unpaired) electrons. The highest BCUT2D eigenvalue weighted by Crippen LogP contribution is 2.17. The number of amides is 1. The van der Waals surface area contributed by atoms with Crippen LogP contribution in [0.15, 0.2) is 22.8 Å². The fourth-order valence-corrected chi connectivity index (χ4v) is 2.35. The van der Waals surface area contributed by atoms with Crippen LogP contribution in [0, 0.1) is 0 Å². The van der Waals surface area contributed by atoms with Gasteiger partial charge in [0.25, 0.3) is 5.91 Å². The summed E-state index contributed by atoms with van der Waals surface area (Å²) in [6.07, 6.45) is 2.36. The van der Waals surface area contributed by atoms with E-state index in [1.165, 1.54) is 0 Å². The number of H-pyrrole nitrogens is 1. The van der Waals surface area contributed by atoms with E-state index in [4.69, 9.17) is 13.9 Å². The Morgan fingerprint density at radius 1 is 1.58 bits per heavy atom. The van der Waals surface area contributed by atoms with Gasteiger partial charge >= 0.3 is 0 Å². The number of rotatable bonds is 3. The lowest BCUT2D eigenvalue weighted by atomic mass is 10.1. The van der Waals surface area contributed by atoms with Crippen molar-refractivity contribution in [3.05, 3.63) is 24.1 Å². The monoisotopic (exact) mass is 264 g/mol. The average Bonchev–Trinajstić information content (AvgIpc) is 3.00. The maximum Gasteiger partial charge on any atom is 0.268 e. The third-order valence-corrected chi connectivity index (χ3v) is 3.40.